The van der Waals surface area contributed by atoms with Crippen LogP contribution in [-0.4, -0.2) is 0 Å². The molecule has 0 aliphatic heterocycles. The minimum absolute atomic E-state index is 0.268. The molecule has 3 heteroatoms. The van der Waals surface area contributed by atoms with Crippen LogP contribution in [0.4, 0.5) is 4.39 Å². The molecule has 0 aromatic heterocycles. The molecule has 0 radical (unpaired) electrons. The molecule has 0 bridgehead atoms. The van der Waals surface area contributed by atoms with Gasteiger partial charge >= 0.3 is 0 Å². The van der Waals surface area contributed by atoms with Crippen LogP contribution >= 0.6 is 15.9 Å². The molecule has 0 aliphatic carbocycles. The predicted octanol–water partition coefficient (Wildman–Crippen LogP) is 2.65. The smallest absolute Gasteiger partial charge is 0.124 e. The second-order valence-electron chi connectivity index (χ2n) is 1.61. The third-order valence-corrected chi connectivity index (χ3v) is 1.27. The summed E-state index contributed by atoms with van der Waals surface area (Å²) in [4.78, 5) is 0. The summed E-state index contributed by atoms with van der Waals surface area (Å²) in [6.45, 7) is 0. The van der Waals surface area contributed by atoms with E-state index >= 15 is 0 Å². The van der Waals surface area contributed by atoms with Crippen LogP contribution in [0.1, 0.15) is 12.4 Å². The van der Waals surface area contributed by atoms with Crippen molar-refractivity contribution in [2.75, 3.05) is 0 Å². The monoisotopic (exact) mass is 218 g/mol. The van der Waals surface area contributed by atoms with E-state index in [1.54, 1.807) is 0 Å². The fourth-order valence-electron chi connectivity index (χ4n) is 0.528. The van der Waals surface area contributed by atoms with Crippen molar-refractivity contribution in [1.29, 1.82) is 5.26 Å². The zero-order valence-electron chi connectivity index (χ0n) is 10.2. The molecule has 0 saturated heterocycles. The van der Waals surface area contributed by atoms with Gasteiger partial charge in [-0.15, -0.1) is 0 Å². The molecule has 56 valence electrons. The molecule has 1 aromatic carbocycles. The molecule has 0 amide bonds. The van der Waals surface area contributed by atoms with Crippen LogP contribution in [-0.2, 0) is 6.37 Å². The zero-order chi connectivity index (χ0) is 12.7. The van der Waals surface area contributed by atoms with E-state index in [0.29, 0.717) is 0 Å². The molecule has 0 spiro atoms. The Morgan fingerprint density at radius 3 is 3.09 bits per heavy atom. The molecule has 0 heterocycles. The SMILES string of the molecule is [2H]c1c(F)c([2H])c(C([2H])([2H])C#N)c([2H])c1Br. The molecule has 0 N–H and O–H groups in total. The highest BCUT2D eigenvalue weighted by molar-refractivity contribution is 9.10. The highest BCUT2D eigenvalue weighted by atomic mass is 79.9. The van der Waals surface area contributed by atoms with E-state index in [4.69, 9.17) is 12.1 Å². The topological polar surface area (TPSA) is 23.8 Å². The first-order valence-corrected chi connectivity index (χ1v) is 3.39. The number of nitriles is 1. The number of rotatable bonds is 1. The van der Waals surface area contributed by atoms with Crippen molar-refractivity contribution in [3.05, 3.63) is 34.0 Å². The molecule has 0 saturated carbocycles. The third kappa shape index (κ3) is 2.32. The largest absolute Gasteiger partial charge is 0.207 e. The van der Waals surface area contributed by atoms with Gasteiger partial charge in [-0.2, -0.15) is 5.26 Å². The van der Waals surface area contributed by atoms with Gasteiger partial charge in [0, 0.05) is 7.21 Å². The van der Waals surface area contributed by atoms with Crippen molar-refractivity contribution < 1.29 is 11.2 Å². The lowest BCUT2D eigenvalue weighted by Gasteiger charge is -1.95. The van der Waals surface area contributed by atoms with Crippen LogP contribution in [0.15, 0.2) is 22.6 Å². The predicted molar refractivity (Wildman–Crippen MR) is 43.4 cm³/mol. The lowest BCUT2D eigenvalue weighted by molar-refractivity contribution is 0.625. The van der Waals surface area contributed by atoms with E-state index in [1.807, 2.05) is 0 Å². The fourth-order valence-corrected chi connectivity index (χ4v) is 0.900. The Labute approximate surface area is 79.6 Å². The fraction of sp³-hybridized carbons (Fsp3) is 0.125. The summed E-state index contributed by atoms with van der Waals surface area (Å²) in [5.41, 5.74) is -0.671. The summed E-state index contributed by atoms with van der Waals surface area (Å²) in [7, 11) is 0. The first kappa shape index (κ1) is 3.68. The number of nitrogens with zero attached hydrogens (tertiary/aromatic N) is 1. The van der Waals surface area contributed by atoms with E-state index in [9.17, 15) is 4.39 Å². The molecular weight excluding hydrogens is 209 g/mol. The van der Waals surface area contributed by atoms with E-state index in [2.05, 4.69) is 15.9 Å². The maximum atomic E-state index is 13.3. The van der Waals surface area contributed by atoms with Crippen LogP contribution < -0.4 is 0 Å². The normalized spacial score (nSPS) is 17.0. The average molecular weight is 219 g/mol. The number of hydrogen-bond acceptors (Lipinski definition) is 1. The summed E-state index contributed by atoms with van der Waals surface area (Å²) in [5.74, 6) is -1.25. The Morgan fingerprint density at radius 1 is 1.73 bits per heavy atom. The van der Waals surface area contributed by atoms with Gasteiger partial charge in [0.15, 0.2) is 0 Å². The molecule has 0 aliphatic rings. The molecule has 0 unspecified atom stereocenters. The molecule has 0 fully saturated rings. The second-order valence-corrected chi connectivity index (χ2v) is 2.41. The van der Waals surface area contributed by atoms with Crippen molar-refractivity contribution >= 4 is 15.9 Å². The van der Waals surface area contributed by atoms with Gasteiger partial charge in [-0.05, 0) is 23.7 Å². The maximum Gasteiger partial charge on any atom is 0.124 e. The van der Waals surface area contributed by atoms with Gasteiger partial charge in [0.05, 0.1) is 16.6 Å². The molecule has 11 heavy (non-hydrogen) atoms. The van der Waals surface area contributed by atoms with Gasteiger partial charge in [-0.3, -0.25) is 0 Å². The summed E-state index contributed by atoms with van der Waals surface area (Å²) in [6.07, 6.45) is -2.63. The van der Waals surface area contributed by atoms with Crippen molar-refractivity contribution in [3.63, 3.8) is 0 Å². The Hall–Kier alpha value is -0.880. The Bertz CT molecular complexity index is 467. The van der Waals surface area contributed by atoms with E-state index in [-0.39, 0.29) is 4.47 Å². The Balaban J connectivity index is 3.73. The van der Waals surface area contributed by atoms with Crippen molar-refractivity contribution in [2.45, 2.75) is 6.37 Å². The standard InChI is InChI=1S/C8H5BrFN/c9-7-3-6(1-2-11)4-8(10)5-7/h3-5H,1H2/i1D2,3D,4D,5D. The van der Waals surface area contributed by atoms with Crippen LogP contribution in [0.3, 0.4) is 0 Å². The Kier molecular flexibility index (Phi) is 1.17. The lowest BCUT2D eigenvalue weighted by atomic mass is 10.2. The van der Waals surface area contributed by atoms with Crippen LogP contribution in [0, 0.1) is 17.1 Å². The van der Waals surface area contributed by atoms with Gasteiger partial charge in [-0.1, -0.05) is 15.9 Å². The second kappa shape index (κ2) is 3.49. The summed E-state index contributed by atoms with van der Waals surface area (Å²) in [5, 5.41) is 8.57. The zero-order valence-corrected chi connectivity index (χ0v) is 6.79. The maximum absolute atomic E-state index is 13.3. The quantitative estimate of drug-likeness (QED) is 0.712. The van der Waals surface area contributed by atoms with Crippen LogP contribution in [0.25, 0.3) is 0 Å². The van der Waals surface area contributed by atoms with Crippen molar-refractivity contribution in [3.8, 4) is 6.07 Å². The molecule has 1 rings (SSSR count). The van der Waals surface area contributed by atoms with Crippen molar-refractivity contribution in [1.82, 2.24) is 0 Å². The molecule has 1 aromatic rings. The van der Waals surface area contributed by atoms with Crippen LogP contribution in [0.2, 0.25) is 0 Å². The summed E-state index contributed by atoms with van der Waals surface area (Å²) >= 11 is 2.76. The highest BCUT2D eigenvalue weighted by Crippen LogP contribution is 2.14. The van der Waals surface area contributed by atoms with Gasteiger partial charge in [0.25, 0.3) is 0 Å². The minimum atomic E-state index is -2.63. The molecule has 1 nitrogen and oxygen atoms in total. The summed E-state index contributed by atoms with van der Waals surface area (Å²) in [6, 6.07) is -0.909. The van der Waals surface area contributed by atoms with Crippen LogP contribution in [0.5, 0.6) is 0 Å². The average Bonchev–Trinajstić information content (AvgIpc) is 2.23. The van der Waals surface area contributed by atoms with Gasteiger partial charge in [0.2, 0.25) is 0 Å². The molecule has 0 atom stereocenters. The number of hydrogen-bond donors (Lipinski definition) is 0. The highest BCUT2D eigenvalue weighted by Gasteiger charge is 1.97. The van der Waals surface area contributed by atoms with E-state index < -0.39 is 35.9 Å². The number of benzene rings is 1. The van der Waals surface area contributed by atoms with E-state index in [1.165, 1.54) is 6.07 Å². The van der Waals surface area contributed by atoms with Crippen molar-refractivity contribution in [2.24, 2.45) is 0 Å². The van der Waals surface area contributed by atoms with Gasteiger partial charge < -0.3 is 0 Å². The first-order valence-electron chi connectivity index (χ1n) is 5.10. The van der Waals surface area contributed by atoms with Gasteiger partial charge in [-0.25, -0.2) is 4.39 Å². The first-order chi connectivity index (χ1) is 7.24. The lowest BCUT2D eigenvalue weighted by Crippen LogP contribution is -1.83. The minimum Gasteiger partial charge on any atom is -0.207 e. The van der Waals surface area contributed by atoms with Gasteiger partial charge in [0.1, 0.15) is 5.82 Å². The molecular formula is C8H5BrFN. The van der Waals surface area contributed by atoms with E-state index in [0.717, 1.165) is 0 Å². The number of halogens is 2. The summed E-state index contributed by atoms with van der Waals surface area (Å²) < 4.78 is 49.6. The Morgan fingerprint density at radius 2 is 2.45 bits per heavy atom. The third-order valence-electron chi connectivity index (χ3n) is 0.870.